The topological polar surface area (TPSA) is 83.5 Å². The molecule has 0 aliphatic heterocycles. The van der Waals surface area contributed by atoms with Crippen molar-refractivity contribution in [3.05, 3.63) is 35.9 Å². The fourth-order valence-electron chi connectivity index (χ4n) is 2.65. The van der Waals surface area contributed by atoms with Crippen molar-refractivity contribution in [2.75, 3.05) is 5.75 Å². The van der Waals surface area contributed by atoms with Crippen molar-refractivity contribution in [2.24, 2.45) is 5.92 Å². The fraction of sp³-hybridized carbons (Fsp3) is 0.588. The van der Waals surface area contributed by atoms with Gasteiger partial charge in [-0.05, 0) is 30.7 Å². The number of carbonyl (C=O) groups is 1. The zero-order chi connectivity index (χ0) is 17.3. The van der Waals surface area contributed by atoms with Crippen LogP contribution in [0.25, 0.3) is 0 Å². The van der Waals surface area contributed by atoms with Crippen molar-refractivity contribution in [1.82, 2.24) is 4.72 Å². The maximum atomic E-state index is 12.3. The van der Waals surface area contributed by atoms with Gasteiger partial charge in [0.2, 0.25) is 10.0 Å². The second kappa shape index (κ2) is 9.67. The average molecular weight is 341 g/mol. The van der Waals surface area contributed by atoms with Crippen LogP contribution in [0, 0.1) is 5.92 Å². The number of carboxylic acids is 1. The molecule has 0 radical (unpaired) electrons. The second-order valence-electron chi connectivity index (χ2n) is 6.11. The molecule has 1 aromatic carbocycles. The third-order valence-electron chi connectivity index (χ3n) is 3.66. The second-order valence-corrected chi connectivity index (χ2v) is 7.91. The van der Waals surface area contributed by atoms with Crippen LogP contribution in [0.3, 0.4) is 0 Å². The minimum absolute atomic E-state index is 0.0511. The first-order chi connectivity index (χ1) is 10.8. The SMILES string of the molecule is CCCC(C)CS(=O)(=O)NC(CCC(=O)O)Cc1ccccc1. The molecule has 1 aromatic rings. The number of hydrogen-bond donors (Lipinski definition) is 2. The van der Waals surface area contributed by atoms with Crippen molar-refractivity contribution in [3.63, 3.8) is 0 Å². The number of benzene rings is 1. The zero-order valence-electron chi connectivity index (χ0n) is 13.9. The molecule has 6 heteroatoms. The summed E-state index contributed by atoms with van der Waals surface area (Å²) in [5, 5.41) is 8.86. The number of sulfonamides is 1. The van der Waals surface area contributed by atoms with Crippen LogP contribution in [0.15, 0.2) is 30.3 Å². The molecule has 1 rings (SSSR count). The van der Waals surface area contributed by atoms with Gasteiger partial charge in [0.1, 0.15) is 0 Å². The van der Waals surface area contributed by atoms with Gasteiger partial charge in [0.05, 0.1) is 5.75 Å². The van der Waals surface area contributed by atoms with Crippen molar-refractivity contribution in [2.45, 2.75) is 52.0 Å². The summed E-state index contributed by atoms with van der Waals surface area (Å²) in [5.74, 6) is -0.741. The molecule has 0 aliphatic carbocycles. The number of rotatable bonds is 11. The number of nitrogens with one attached hydrogen (secondary N) is 1. The fourth-order valence-corrected chi connectivity index (χ4v) is 4.37. The third-order valence-corrected chi connectivity index (χ3v) is 5.36. The predicted octanol–water partition coefficient (Wildman–Crippen LogP) is 2.82. The number of carboxylic acid groups (broad SMARTS) is 1. The van der Waals surface area contributed by atoms with Crippen molar-refractivity contribution < 1.29 is 18.3 Å². The maximum absolute atomic E-state index is 12.3. The van der Waals surface area contributed by atoms with Gasteiger partial charge in [0.15, 0.2) is 0 Å². The molecule has 0 bridgehead atoms. The Labute approximate surface area is 139 Å². The Bertz CT molecular complexity index is 572. The highest BCUT2D eigenvalue weighted by molar-refractivity contribution is 7.89. The van der Waals surface area contributed by atoms with Gasteiger partial charge < -0.3 is 5.11 Å². The Hall–Kier alpha value is -1.40. The Kier molecular flexibility index (Phi) is 8.26. The molecule has 0 aliphatic rings. The van der Waals surface area contributed by atoms with Crippen LogP contribution in [-0.4, -0.2) is 31.3 Å². The molecule has 2 N–H and O–H groups in total. The molecule has 0 aromatic heterocycles. The van der Waals surface area contributed by atoms with E-state index in [-0.39, 0.29) is 24.5 Å². The highest BCUT2D eigenvalue weighted by Crippen LogP contribution is 2.12. The Morgan fingerprint density at radius 2 is 1.87 bits per heavy atom. The molecule has 0 heterocycles. The molecule has 0 saturated carbocycles. The van der Waals surface area contributed by atoms with E-state index in [9.17, 15) is 13.2 Å². The van der Waals surface area contributed by atoms with Gasteiger partial charge in [0, 0.05) is 12.5 Å². The average Bonchev–Trinajstić information content (AvgIpc) is 2.45. The van der Waals surface area contributed by atoms with E-state index in [1.807, 2.05) is 44.2 Å². The Balaban J connectivity index is 2.72. The van der Waals surface area contributed by atoms with E-state index >= 15 is 0 Å². The first kappa shape index (κ1) is 19.6. The van der Waals surface area contributed by atoms with Gasteiger partial charge in [-0.2, -0.15) is 0 Å². The van der Waals surface area contributed by atoms with E-state index in [0.717, 1.165) is 18.4 Å². The molecule has 0 fully saturated rings. The van der Waals surface area contributed by atoms with Gasteiger partial charge >= 0.3 is 5.97 Å². The number of hydrogen-bond acceptors (Lipinski definition) is 3. The lowest BCUT2D eigenvalue weighted by Gasteiger charge is -2.20. The minimum Gasteiger partial charge on any atom is -0.481 e. The van der Waals surface area contributed by atoms with Crippen molar-refractivity contribution >= 4 is 16.0 Å². The van der Waals surface area contributed by atoms with Crippen molar-refractivity contribution in [1.29, 1.82) is 0 Å². The van der Waals surface area contributed by atoms with Gasteiger partial charge in [-0.15, -0.1) is 0 Å². The lowest BCUT2D eigenvalue weighted by molar-refractivity contribution is -0.137. The van der Waals surface area contributed by atoms with Crippen LogP contribution >= 0.6 is 0 Å². The van der Waals surface area contributed by atoms with E-state index in [1.54, 1.807) is 0 Å². The van der Waals surface area contributed by atoms with Crippen LogP contribution in [-0.2, 0) is 21.2 Å². The standard InChI is InChI=1S/C17H27NO4S/c1-3-7-14(2)13-23(21,22)18-16(10-11-17(19)20)12-15-8-5-4-6-9-15/h4-6,8-9,14,16,18H,3,7,10-13H2,1-2H3,(H,19,20). The lowest BCUT2D eigenvalue weighted by atomic mass is 10.0. The van der Waals surface area contributed by atoms with E-state index in [1.165, 1.54) is 0 Å². The van der Waals surface area contributed by atoms with E-state index in [0.29, 0.717) is 6.42 Å². The zero-order valence-corrected chi connectivity index (χ0v) is 14.7. The maximum Gasteiger partial charge on any atom is 0.303 e. The summed E-state index contributed by atoms with van der Waals surface area (Å²) in [6.07, 6.45) is 2.54. The smallest absolute Gasteiger partial charge is 0.303 e. The quantitative estimate of drug-likeness (QED) is 0.648. The summed E-state index contributed by atoms with van der Waals surface area (Å²) < 4.78 is 27.3. The molecule has 130 valence electrons. The molecule has 2 atom stereocenters. The van der Waals surface area contributed by atoms with Crippen LogP contribution in [0.1, 0.15) is 45.1 Å². The summed E-state index contributed by atoms with van der Waals surface area (Å²) in [6.45, 7) is 3.95. The van der Waals surface area contributed by atoms with Gasteiger partial charge in [-0.3, -0.25) is 4.79 Å². The van der Waals surface area contributed by atoms with Crippen LogP contribution < -0.4 is 4.72 Å². The summed E-state index contributed by atoms with van der Waals surface area (Å²) in [5.41, 5.74) is 0.993. The first-order valence-corrected chi connectivity index (χ1v) is 9.73. The number of aliphatic carboxylic acids is 1. The predicted molar refractivity (Wildman–Crippen MR) is 91.8 cm³/mol. The molecular formula is C17H27NO4S. The minimum atomic E-state index is -3.41. The lowest BCUT2D eigenvalue weighted by Crippen LogP contribution is -2.39. The van der Waals surface area contributed by atoms with Crippen LogP contribution in [0.5, 0.6) is 0 Å². The monoisotopic (exact) mass is 341 g/mol. The normalized spacial score (nSPS) is 14.3. The Morgan fingerprint density at radius 1 is 1.22 bits per heavy atom. The van der Waals surface area contributed by atoms with E-state index in [2.05, 4.69) is 4.72 Å². The van der Waals surface area contributed by atoms with E-state index < -0.39 is 22.0 Å². The van der Waals surface area contributed by atoms with Gasteiger partial charge in [-0.1, -0.05) is 50.6 Å². The highest BCUT2D eigenvalue weighted by Gasteiger charge is 2.21. The van der Waals surface area contributed by atoms with E-state index in [4.69, 9.17) is 5.11 Å². The summed E-state index contributed by atoms with van der Waals surface area (Å²) >= 11 is 0. The third kappa shape index (κ3) is 8.71. The van der Waals surface area contributed by atoms with Crippen LogP contribution in [0.4, 0.5) is 0 Å². The molecule has 0 amide bonds. The first-order valence-electron chi connectivity index (χ1n) is 8.08. The molecule has 2 unspecified atom stereocenters. The molecule has 0 spiro atoms. The summed E-state index contributed by atoms with van der Waals surface area (Å²) in [4.78, 5) is 10.8. The van der Waals surface area contributed by atoms with Crippen molar-refractivity contribution in [3.8, 4) is 0 Å². The summed E-state index contributed by atoms with van der Waals surface area (Å²) in [7, 11) is -3.41. The molecule has 0 saturated heterocycles. The van der Waals surface area contributed by atoms with Gasteiger partial charge in [-0.25, -0.2) is 13.1 Å². The molecular weight excluding hydrogens is 314 g/mol. The molecule has 5 nitrogen and oxygen atoms in total. The highest BCUT2D eigenvalue weighted by atomic mass is 32.2. The largest absolute Gasteiger partial charge is 0.481 e. The summed E-state index contributed by atoms with van der Waals surface area (Å²) in [6, 6.07) is 9.12. The Morgan fingerprint density at radius 3 is 2.43 bits per heavy atom. The van der Waals surface area contributed by atoms with Crippen LogP contribution in [0.2, 0.25) is 0 Å². The van der Waals surface area contributed by atoms with Gasteiger partial charge in [0.25, 0.3) is 0 Å². The molecule has 23 heavy (non-hydrogen) atoms.